The number of hydrogen-bond acceptors (Lipinski definition) is 3. The van der Waals surface area contributed by atoms with Gasteiger partial charge in [0.05, 0.1) is 6.61 Å². The van der Waals surface area contributed by atoms with Crippen LogP contribution in [0.15, 0.2) is 42.5 Å². The summed E-state index contributed by atoms with van der Waals surface area (Å²) in [6.07, 6.45) is 2.10. The van der Waals surface area contributed by atoms with E-state index in [-0.39, 0.29) is 11.8 Å². The number of carbonyl (C=O) groups is 2. The van der Waals surface area contributed by atoms with E-state index in [1.54, 1.807) is 19.2 Å². The lowest BCUT2D eigenvalue weighted by molar-refractivity contribution is -0.121. The first-order chi connectivity index (χ1) is 13.0. The Morgan fingerprint density at radius 2 is 1.74 bits per heavy atom. The first-order valence-electron chi connectivity index (χ1n) is 9.27. The van der Waals surface area contributed by atoms with Crippen LogP contribution in [0.4, 0.5) is 0 Å². The first-order valence-corrected chi connectivity index (χ1v) is 9.27. The molecule has 5 heteroatoms. The lowest BCUT2D eigenvalue weighted by Gasteiger charge is -2.10. The molecule has 0 saturated carbocycles. The Labute approximate surface area is 161 Å². The van der Waals surface area contributed by atoms with Crippen molar-refractivity contribution >= 4 is 11.8 Å². The molecule has 27 heavy (non-hydrogen) atoms. The summed E-state index contributed by atoms with van der Waals surface area (Å²) >= 11 is 0. The Bertz CT molecular complexity index is 770. The van der Waals surface area contributed by atoms with Gasteiger partial charge in [-0.25, -0.2) is 0 Å². The third-order valence-corrected chi connectivity index (χ3v) is 4.33. The van der Waals surface area contributed by atoms with Crippen molar-refractivity contribution in [1.82, 2.24) is 10.6 Å². The number of hydrogen-bond donors (Lipinski definition) is 2. The number of benzene rings is 2. The number of ether oxygens (including phenoxy) is 1. The molecule has 2 aromatic rings. The van der Waals surface area contributed by atoms with E-state index in [0.29, 0.717) is 25.1 Å². The average molecular weight is 368 g/mol. The monoisotopic (exact) mass is 368 g/mol. The van der Waals surface area contributed by atoms with Crippen molar-refractivity contribution in [2.75, 3.05) is 13.7 Å². The molecule has 2 aromatic carbocycles. The van der Waals surface area contributed by atoms with Gasteiger partial charge >= 0.3 is 0 Å². The van der Waals surface area contributed by atoms with Crippen molar-refractivity contribution in [2.24, 2.45) is 0 Å². The van der Waals surface area contributed by atoms with E-state index < -0.39 is 0 Å². The maximum atomic E-state index is 12.0. The number of rotatable bonds is 9. The van der Waals surface area contributed by atoms with Gasteiger partial charge in [0.15, 0.2) is 0 Å². The van der Waals surface area contributed by atoms with Crippen LogP contribution < -0.4 is 15.4 Å². The predicted molar refractivity (Wildman–Crippen MR) is 107 cm³/mol. The molecule has 0 radical (unpaired) electrons. The van der Waals surface area contributed by atoms with E-state index in [9.17, 15) is 9.59 Å². The fourth-order valence-corrected chi connectivity index (χ4v) is 2.64. The van der Waals surface area contributed by atoms with E-state index in [1.165, 1.54) is 5.56 Å². The van der Waals surface area contributed by atoms with Gasteiger partial charge < -0.3 is 15.4 Å². The van der Waals surface area contributed by atoms with Crippen LogP contribution in [0.25, 0.3) is 0 Å². The van der Waals surface area contributed by atoms with Gasteiger partial charge in [-0.1, -0.05) is 24.3 Å². The van der Waals surface area contributed by atoms with Gasteiger partial charge in [0.1, 0.15) is 5.75 Å². The molecule has 0 saturated heterocycles. The Hall–Kier alpha value is -2.82. The highest BCUT2D eigenvalue weighted by Crippen LogP contribution is 2.19. The summed E-state index contributed by atoms with van der Waals surface area (Å²) in [4.78, 5) is 23.5. The average Bonchev–Trinajstić information content (AvgIpc) is 2.68. The van der Waals surface area contributed by atoms with Crippen molar-refractivity contribution in [3.05, 3.63) is 64.7 Å². The number of nitrogens with one attached hydrogen (secondary N) is 2. The summed E-state index contributed by atoms with van der Waals surface area (Å²) in [6.45, 7) is 5.15. The molecule has 0 fully saturated rings. The summed E-state index contributed by atoms with van der Waals surface area (Å²) in [5, 5.41) is 5.49. The molecule has 5 nitrogen and oxygen atoms in total. The van der Waals surface area contributed by atoms with Crippen molar-refractivity contribution in [3.8, 4) is 5.75 Å². The third kappa shape index (κ3) is 6.77. The van der Waals surface area contributed by atoms with Gasteiger partial charge in [-0.05, 0) is 61.6 Å². The molecule has 0 atom stereocenters. The number of aryl methyl sites for hydroxylation is 2. The Morgan fingerprint density at radius 1 is 1.00 bits per heavy atom. The molecule has 0 heterocycles. The van der Waals surface area contributed by atoms with E-state index in [1.807, 2.05) is 32.0 Å². The highest BCUT2D eigenvalue weighted by molar-refractivity contribution is 5.93. The molecule has 0 aliphatic carbocycles. The number of unbranched alkanes of at least 4 members (excludes halogenated alkanes) is 1. The van der Waals surface area contributed by atoms with Crippen molar-refractivity contribution in [1.29, 1.82) is 0 Å². The number of carbonyl (C=O) groups excluding carboxylic acids is 2. The maximum Gasteiger partial charge on any atom is 0.251 e. The molecule has 0 unspecified atom stereocenters. The molecule has 0 spiro atoms. The molecule has 0 aromatic heterocycles. The minimum absolute atomic E-state index is 0.0251. The summed E-state index contributed by atoms with van der Waals surface area (Å²) in [6, 6.07) is 13.4. The minimum atomic E-state index is -0.117. The van der Waals surface area contributed by atoms with Crippen LogP contribution in [0.2, 0.25) is 0 Å². The molecule has 0 bridgehead atoms. The highest BCUT2D eigenvalue weighted by atomic mass is 16.5. The second kappa shape index (κ2) is 10.4. The van der Waals surface area contributed by atoms with Crippen LogP contribution in [0.1, 0.15) is 46.3 Å². The quantitative estimate of drug-likeness (QED) is 0.666. The van der Waals surface area contributed by atoms with Crippen molar-refractivity contribution in [3.63, 3.8) is 0 Å². The Kier molecular flexibility index (Phi) is 7.86. The second-order valence-electron chi connectivity index (χ2n) is 6.63. The Balaban J connectivity index is 1.63. The van der Waals surface area contributed by atoms with Crippen LogP contribution in [0.3, 0.4) is 0 Å². The van der Waals surface area contributed by atoms with E-state index in [0.717, 1.165) is 29.7 Å². The van der Waals surface area contributed by atoms with E-state index in [2.05, 4.69) is 22.8 Å². The molecule has 0 aliphatic heterocycles. The summed E-state index contributed by atoms with van der Waals surface area (Å²) < 4.78 is 5.80. The largest absolute Gasteiger partial charge is 0.493 e. The van der Waals surface area contributed by atoms with E-state index in [4.69, 9.17) is 4.74 Å². The standard InChI is InChI=1S/C22H28N2O3/c1-16-7-8-17(2)20(14-16)27-13-5-4-6-21(25)24-15-18-9-11-19(12-10-18)22(26)23-3/h7-12,14H,4-6,13,15H2,1-3H3,(H,23,26)(H,24,25). The van der Waals surface area contributed by atoms with Gasteiger partial charge in [-0.15, -0.1) is 0 Å². The van der Waals surface area contributed by atoms with Crippen molar-refractivity contribution < 1.29 is 14.3 Å². The van der Waals surface area contributed by atoms with Gasteiger partial charge in [0.2, 0.25) is 5.91 Å². The molecular formula is C22H28N2O3. The smallest absolute Gasteiger partial charge is 0.251 e. The van der Waals surface area contributed by atoms with Crippen LogP contribution in [0.5, 0.6) is 5.75 Å². The maximum absolute atomic E-state index is 12.0. The second-order valence-corrected chi connectivity index (χ2v) is 6.63. The van der Waals surface area contributed by atoms with Gasteiger partial charge in [-0.2, -0.15) is 0 Å². The third-order valence-electron chi connectivity index (χ3n) is 4.33. The zero-order valence-electron chi connectivity index (χ0n) is 16.3. The van der Waals surface area contributed by atoms with Gasteiger partial charge in [0, 0.05) is 25.6 Å². The van der Waals surface area contributed by atoms with Crippen LogP contribution >= 0.6 is 0 Å². The molecule has 2 amide bonds. The van der Waals surface area contributed by atoms with E-state index >= 15 is 0 Å². The van der Waals surface area contributed by atoms with Crippen molar-refractivity contribution in [2.45, 2.75) is 39.7 Å². The van der Waals surface area contributed by atoms with Gasteiger partial charge in [-0.3, -0.25) is 9.59 Å². The molecule has 2 N–H and O–H groups in total. The Morgan fingerprint density at radius 3 is 2.44 bits per heavy atom. The molecule has 144 valence electrons. The molecular weight excluding hydrogens is 340 g/mol. The minimum Gasteiger partial charge on any atom is -0.493 e. The highest BCUT2D eigenvalue weighted by Gasteiger charge is 2.05. The normalized spacial score (nSPS) is 10.3. The summed E-state index contributed by atoms with van der Waals surface area (Å²) in [5.41, 5.74) is 3.88. The lowest BCUT2D eigenvalue weighted by Crippen LogP contribution is -2.22. The summed E-state index contributed by atoms with van der Waals surface area (Å²) in [7, 11) is 1.60. The van der Waals surface area contributed by atoms with Crippen LogP contribution in [0, 0.1) is 13.8 Å². The first kappa shape index (κ1) is 20.5. The zero-order valence-corrected chi connectivity index (χ0v) is 16.3. The van der Waals surface area contributed by atoms with Crippen LogP contribution in [-0.2, 0) is 11.3 Å². The lowest BCUT2D eigenvalue weighted by atomic mass is 10.1. The fraction of sp³-hybridized carbons (Fsp3) is 0.364. The molecule has 2 rings (SSSR count). The molecule has 0 aliphatic rings. The van der Waals surface area contributed by atoms with Crippen LogP contribution in [-0.4, -0.2) is 25.5 Å². The number of amides is 2. The summed E-state index contributed by atoms with van der Waals surface area (Å²) in [5.74, 6) is 0.824. The fourth-order valence-electron chi connectivity index (χ4n) is 2.64. The SMILES string of the molecule is CNC(=O)c1ccc(CNC(=O)CCCCOc2cc(C)ccc2C)cc1. The van der Waals surface area contributed by atoms with Gasteiger partial charge in [0.25, 0.3) is 5.91 Å². The predicted octanol–water partition coefficient (Wildman–Crippen LogP) is 3.53. The topological polar surface area (TPSA) is 67.4 Å². The zero-order chi connectivity index (χ0) is 19.6.